The van der Waals surface area contributed by atoms with Gasteiger partial charge in [-0.15, -0.1) is 0 Å². The maximum atomic E-state index is 5.44. The molecule has 1 unspecified atom stereocenters. The summed E-state index contributed by atoms with van der Waals surface area (Å²) in [5, 5.41) is 0. The van der Waals surface area contributed by atoms with Gasteiger partial charge in [0.25, 0.3) is 0 Å². The van der Waals surface area contributed by atoms with Gasteiger partial charge in [0.15, 0.2) is 0 Å². The Balaban J connectivity index is 2.51. The Morgan fingerprint density at radius 3 is 2.20 bits per heavy atom. The highest BCUT2D eigenvalue weighted by atomic mass is 16.6. The summed E-state index contributed by atoms with van der Waals surface area (Å²) in [5.41, 5.74) is 0.0920. The van der Waals surface area contributed by atoms with E-state index in [1.165, 1.54) is 0 Å². The van der Waals surface area contributed by atoms with E-state index in [0.717, 1.165) is 13.2 Å². The molecule has 2 nitrogen and oxygen atoms in total. The minimum absolute atomic E-state index is 0.0920. The molecule has 1 atom stereocenters. The largest absolute Gasteiger partial charge is 0.353 e. The highest BCUT2D eigenvalue weighted by Gasteiger charge is 2.50. The SMILES string of the molecule is CCN(C)C1(C(C)C)CO1. The van der Waals surface area contributed by atoms with Gasteiger partial charge >= 0.3 is 0 Å². The molecule has 60 valence electrons. The molecule has 0 aliphatic carbocycles. The van der Waals surface area contributed by atoms with E-state index >= 15 is 0 Å². The van der Waals surface area contributed by atoms with Crippen LogP contribution in [0.4, 0.5) is 0 Å². The van der Waals surface area contributed by atoms with Crippen LogP contribution in [-0.2, 0) is 4.74 Å². The van der Waals surface area contributed by atoms with Gasteiger partial charge in [0.1, 0.15) is 5.72 Å². The van der Waals surface area contributed by atoms with E-state index in [1.807, 2.05) is 0 Å². The van der Waals surface area contributed by atoms with E-state index in [9.17, 15) is 0 Å². The molecule has 1 fully saturated rings. The summed E-state index contributed by atoms with van der Waals surface area (Å²) in [6.07, 6.45) is 0. The predicted molar refractivity (Wildman–Crippen MR) is 41.8 cm³/mol. The Kier molecular flexibility index (Phi) is 2.02. The Bertz CT molecular complexity index is 118. The van der Waals surface area contributed by atoms with Crippen molar-refractivity contribution in [2.24, 2.45) is 5.92 Å². The van der Waals surface area contributed by atoms with E-state index in [1.54, 1.807) is 0 Å². The third-order valence-electron chi connectivity index (χ3n) is 2.46. The molecule has 2 heteroatoms. The molecular formula is C8H17NO. The zero-order valence-electron chi connectivity index (χ0n) is 7.35. The molecule has 0 radical (unpaired) electrons. The van der Waals surface area contributed by atoms with Crippen molar-refractivity contribution in [2.75, 3.05) is 20.2 Å². The molecule has 0 amide bonds. The fraction of sp³-hybridized carbons (Fsp3) is 1.00. The zero-order valence-corrected chi connectivity index (χ0v) is 7.35. The Morgan fingerprint density at radius 2 is 2.10 bits per heavy atom. The molecule has 0 aromatic carbocycles. The van der Waals surface area contributed by atoms with Crippen LogP contribution in [0.1, 0.15) is 20.8 Å². The number of hydrogen-bond acceptors (Lipinski definition) is 2. The van der Waals surface area contributed by atoms with Crippen molar-refractivity contribution in [3.8, 4) is 0 Å². The lowest BCUT2D eigenvalue weighted by Gasteiger charge is -2.26. The lowest BCUT2D eigenvalue weighted by molar-refractivity contribution is 0.0662. The molecular weight excluding hydrogens is 126 g/mol. The lowest BCUT2D eigenvalue weighted by Crippen LogP contribution is -2.39. The van der Waals surface area contributed by atoms with Crippen LogP contribution in [-0.4, -0.2) is 30.8 Å². The van der Waals surface area contributed by atoms with Gasteiger partial charge < -0.3 is 4.74 Å². The van der Waals surface area contributed by atoms with Crippen LogP contribution in [0.2, 0.25) is 0 Å². The van der Waals surface area contributed by atoms with Crippen LogP contribution in [0, 0.1) is 5.92 Å². The molecule has 0 N–H and O–H groups in total. The summed E-state index contributed by atoms with van der Waals surface area (Å²) < 4.78 is 5.44. The van der Waals surface area contributed by atoms with Crippen LogP contribution in [0.15, 0.2) is 0 Å². The van der Waals surface area contributed by atoms with Gasteiger partial charge in [0.2, 0.25) is 0 Å². The summed E-state index contributed by atoms with van der Waals surface area (Å²) in [6.45, 7) is 8.55. The van der Waals surface area contributed by atoms with Gasteiger partial charge in [-0.05, 0) is 19.5 Å². The molecule has 0 aromatic rings. The van der Waals surface area contributed by atoms with Crippen molar-refractivity contribution >= 4 is 0 Å². The van der Waals surface area contributed by atoms with Crippen LogP contribution in [0.25, 0.3) is 0 Å². The highest BCUT2D eigenvalue weighted by Crippen LogP contribution is 2.37. The fourth-order valence-corrected chi connectivity index (χ4v) is 1.34. The van der Waals surface area contributed by atoms with Crippen molar-refractivity contribution in [3.05, 3.63) is 0 Å². The molecule has 1 aliphatic rings. The van der Waals surface area contributed by atoms with Crippen LogP contribution >= 0.6 is 0 Å². The molecule has 1 aliphatic heterocycles. The minimum Gasteiger partial charge on any atom is -0.353 e. The number of rotatable bonds is 3. The van der Waals surface area contributed by atoms with Crippen molar-refractivity contribution < 1.29 is 4.74 Å². The molecule has 1 saturated heterocycles. The monoisotopic (exact) mass is 143 g/mol. The molecule has 0 spiro atoms. The second-order valence-corrected chi connectivity index (χ2v) is 3.30. The number of ether oxygens (including phenoxy) is 1. The summed E-state index contributed by atoms with van der Waals surface area (Å²) in [7, 11) is 2.12. The second kappa shape index (κ2) is 2.51. The summed E-state index contributed by atoms with van der Waals surface area (Å²) >= 11 is 0. The first-order valence-corrected chi connectivity index (χ1v) is 3.98. The van der Waals surface area contributed by atoms with E-state index in [4.69, 9.17) is 4.74 Å². The van der Waals surface area contributed by atoms with Crippen molar-refractivity contribution in [2.45, 2.75) is 26.5 Å². The van der Waals surface area contributed by atoms with Gasteiger partial charge in [-0.1, -0.05) is 20.8 Å². The molecule has 0 bridgehead atoms. The highest BCUT2D eigenvalue weighted by molar-refractivity contribution is 4.92. The van der Waals surface area contributed by atoms with E-state index < -0.39 is 0 Å². The summed E-state index contributed by atoms with van der Waals surface area (Å²) in [4.78, 5) is 2.28. The summed E-state index contributed by atoms with van der Waals surface area (Å²) in [5.74, 6) is 0.609. The van der Waals surface area contributed by atoms with E-state index in [-0.39, 0.29) is 5.72 Å². The Hall–Kier alpha value is -0.0800. The smallest absolute Gasteiger partial charge is 0.147 e. The molecule has 0 aromatic heterocycles. The quantitative estimate of drug-likeness (QED) is 0.554. The third kappa shape index (κ3) is 1.06. The summed E-state index contributed by atoms with van der Waals surface area (Å²) in [6, 6.07) is 0. The first kappa shape index (κ1) is 8.02. The standard InChI is InChI=1S/C8H17NO/c1-5-9(4)8(6-10-8)7(2)3/h7H,5-6H2,1-4H3. The normalized spacial score (nSPS) is 31.8. The maximum Gasteiger partial charge on any atom is 0.147 e. The lowest BCUT2D eigenvalue weighted by atomic mass is 10.0. The number of likely N-dealkylation sites (N-methyl/N-ethyl adjacent to an activating group) is 1. The topological polar surface area (TPSA) is 15.8 Å². The predicted octanol–water partition coefficient (Wildman–Crippen LogP) is 1.32. The Morgan fingerprint density at radius 1 is 1.60 bits per heavy atom. The number of epoxide rings is 1. The van der Waals surface area contributed by atoms with Gasteiger partial charge in [0, 0.05) is 0 Å². The minimum atomic E-state index is 0.0920. The van der Waals surface area contributed by atoms with Gasteiger partial charge in [-0.25, -0.2) is 0 Å². The van der Waals surface area contributed by atoms with Crippen molar-refractivity contribution in [3.63, 3.8) is 0 Å². The average Bonchev–Trinajstić information content (AvgIpc) is 2.65. The van der Waals surface area contributed by atoms with Crippen LogP contribution in [0.3, 0.4) is 0 Å². The van der Waals surface area contributed by atoms with E-state index in [0.29, 0.717) is 5.92 Å². The molecule has 0 saturated carbocycles. The van der Waals surface area contributed by atoms with Crippen molar-refractivity contribution in [1.29, 1.82) is 0 Å². The number of nitrogens with zero attached hydrogens (tertiary/aromatic N) is 1. The second-order valence-electron chi connectivity index (χ2n) is 3.30. The van der Waals surface area contributed by atoms with Crippen molar-refractivity contribution in [1.82, 2.24) is 4.90 Å². The fourth-order valence-electron chi connectivity index (χ4n) is 1.34. The molecule has 1 heterocycles. The first-order valence-electron chi connectivity index (χ1n) is 3.98. The van der Waals surface area contributed by atoms with Crippen LogP contribution < -0.4 is 0 Å². The Labute approximate surface area is 63.2 Å². The number of hydrogen-bond donors (Lipinski definition) is 0. The van der Waals surface area contributed by atoms with Gasteiger partial charge in [-0.2, -0.15) is 0 Å². The van der Waals surface area contributed by atoms with E-state index in [2.05, 4.69) is 32.7 Å². The zero-order chi connectivity index (χ0) is 7.78. The third-order valence-corrected chi connectivity index (χ3v) is 2.46. The van der Waals surface area contributed by atoms with Crippen LogP contribution in [0.5, 0.6) is 0 Å². The first-order chi connectivity index (χ1) is 4.63. The molecule has 10 heavy (non-hydrogen) atoms. The van der Waals surface area contributed by atoms with Gasteiger partial charge in [0.05, 0.1) is 6.61 Å². The molecule has 1 rings (SSSR count). The van der Waals surface area contributed by atoms with Gasteiger partial charge in [-0.3, -0.25) is 4.90 Å². The average molecular weight is 143 g/mol. The maximum absolute atomic E-state index is 5.44.